The van der Waals surface area contributed by atoms with Crippen molar-refractivity contribution in [2.75, 3.05) is 32.7 Å². The van der Waals surface area contributed by atoms with E-state index in [0.29, 0.717) is 0 Å². The second-order valence-corrected chi connectivity index (χ2v) is 6.67. The van der Waals surface area contributed by atoms with Gasteiger partial charge in [0.1, 0.15) is 0 Å². The van der Waals surface area contributed by atoms with Crippen LogP contribution in [0.15, 0.2) is 0 Å². The lowest BCUT2D eigenvalue weighted by Crippen LogP contribution is -2.39. The lowest BCUT2D eigenvalue weighted by molar-refractivity contribution is 0.186. The summed E-state index contributed by atoms with van der Waals surface area (Å²) in [5.41, 5.74) is 0.753. The molecule has 0 aromatic heterocycles. The highest BCUT2D eigenvalue weighted by Gasteiger charge is 2.43. The Bertz CT molecular complexity index is 260. The molecule has 0 aromatic rings. The summed E-state index contributed by atoms with van der Waals surface area (Å²) in [5.74, 6) is 0. The maximum Gasteiger partial charge on any atom is 0.0223 e. The monoisotopic (exact) mass is 236 g/mol. The Morgan fingerprint density at radius 2 is 1.94 bits per heavy atom. The molecule has 2 heterocycles. The molecule has 17 heavy (non-hydrogen) atoms. The van der Waals surface area contributed by atoms with Crippen LogP contribution in [0, 0.1) is 5.41 Å². The van der Waals surface area contributed by atoms with Gasteiger partial charge >= 0.3 is 0 Å². The minimum Gasteiger partial charge on any atom is -0.301 e. The van der Waals surface area contributed by atoms with Crippen LogP contribution in [0.25, 0.3) is 0 Å². The third-order valence-corrected chi connectivity index (χ3v) is 5.18. The molecule has 1 saturated carbocycles. The van der Waals surface area contributed by atoms with Gasteiger partial charge in [-0.05, 0) is 63.6 Å². The van der Waals surface area contributed by atoms with Crippen molar-refractivity contribution in [1.29, 1.82) is 0 Å². The molecule has 2 saturated heterocycles. The molecular weight excluding hydrogens is 208 g/mol. The highest BCUT2D eigenvalue weighted by molar-refractivity contribution is 4.96. The van der Waals surface area contributed by atoms with Crippen LogP contribution in [-0.2, 0) is 0 Å². The summed E-state index contributed by atoms with van der Waals surface area (Å²) in [5, 5.41) is 0. The van der Waals surface area contributed by atoms with Gasteiger partial charge in [-0.2, -0.15) is 0 Å². The molecule has 0 bridgehead atoms. The highest BCUT2D eigenvalue weighted by Crippen LogP contribution is 2.50. The average molecular weight is 236 g/mol. The highest BCUT2D eigenvalue weighted by atomic mass is 15.3. The Labute approximate surface area is 106 Å². The molecule has 3 fully saturated rings. The van der Waals surface area contributed by atoms with E-state index in [4.69, 9.17) is 0 Å². The van der Waals surface area contributed by atoms with Crippen LogP contribution < -0.4 is 0 Å². The van der Waals surface area contributed by atoms with Crippen molar-refractivity contribution in [2.24, 2.45) is 5.41 Å². The third kappa shape index (κ3) is 2.68. The first-order chi connectivity index (χ1) is 8.31. The van der Waals surface area contributed by atoms with Crippen molar-refractivity contribution in [1.82, 2.24) is 9.80 Å². The first kappa shape index (κ1) is 12.0. The van der Waals surface area contributed by atoms with Crippen LogP contribution in [0.5, 0.6) is 0 Å². The van der Waals surface area contributed by atoms with Crippen molar-refractivity contribution in [2.45, 2.75) is 57.9 Å². The van der Waals surface area contributed by atoms with E-state index >= 15 is 0 Å². The molecular formula is C15H28N2. The average Bonchev–Trinajstić information content (AvgIpc) is 2.97. The quantitative estimate of drug-likeness (QED) is 0.740. The fraction of sp³-hybridized carbons (Fsp3) is 1.00. The number of hydrogen-bond donors (Lipinski definition) is 0. The minimum absolute atomic E-state index is 0.753. The summed E-state index contributed by atoms with van der Waals surface area (Å²) >= 11 is 0. The van der Waals surface area contributed by atoms with Crippen LogP contribution in [0.2, 0.25) is 0 Å². The number of hydrogen-bond acceptors (Lipinski definition) is 2. The van der Waals surface area contributed by atoms with Crippen LogP contribution in [0.3, 0.4) is 0 Å². The van der Waals surface area contributed by atoms with E-state index in [1.54, 1.807) is 0 Å². The smallest absolute Gasteiger partial charge is 0.0223 e. The summed E-state index contributed by atoms with van der Waals surface area (Å²) in [6.07, 6.45) is 10.2. The first-order valence-electron chi connectivity index (χ1n) is 7.78. The molecule has 1 unspecified atom stereocenters. The molecule has 0 amide bonds. The summed E-state index contributed by atoms with van der Waals surface area (Å²) < 4.78 is 0. The van der Waals surface area contributed by atoms with Crippen LogP contribution in [0.1, 0.15) is 51.9 Å². The zero-order valence-electron chi connectivity index (χ0n) is 11.5. The SMILES string of the molecule is CCCC1(CN2CCCN3CCCC3C2)CC1. The van der Waals surface area contributed by atoms with Crippen molar-refractivity contribution < 1.29 is 0 Å². The van der Waals surface area contributed by atoms with Crippen molar-refractivity contribution in [3.8, 4) is 0 Å². The predicted octanol–water partition coefficient (Wildman–Crippen LogP) is 2.74. The van der Waals surface area contributed by atoms with Gasteiger partial charge in [-0.25, -0.2) is 0 Å². The molecule has 1 aliphatic carbocycles. The summed E-state index contributed by atoms with van der Waals surface area (Å²) in [7, 11) is 0. The van der Waals surface area contributed by atoms with Crippen LogP contribution in [0.4, 0.5) is 0 Å². The van der Waals surface area contributed by atoms with Gasteiger partial charge in [-0.3, -0.25) is 4.90 Å². The van der Waals surface area contributed by atoms with Gasteiger partial charge in [0.2, 0.25) is 0 Å². The van der Waals surface area contributed by atoms with Gasteiger partial charge in [0.25, 0.3) is 0 Å². The van der Waals surface area contributed by atoms with E-state index in [9.17, 15) is 0 Å². The van der Waals surface area contributed by atoms with Gasteiger partial charge in [0.05, 0.1) is 0 Å². The fourth-order valence-electron chi connectivity index (χ4n) is 4.10. The van der Waals surface area contributed by atoms with E-state index < -0.39 is 0 Å². The van der Waals surface area contributed by atoms with Gasteiger partial charge in [-0.15, -0.1) is 0 Å². The van der Waals surface area contributed by atoms with Crippen LogP contribution >= 0.6 is 0 Å². The van der Waals surface area contributed by atoms with Gasteiger partial charge < -0.3 is 4.90 Å². The Morgan fingerprint density at radius 1 is 1.12 bits per heavy atom. The maximum absolute atomic E-state index is 2.80. The molecule has 3 aliphatic rings. The van der Waals surface area contributed by atoms with E-state index in [-0.39, 0.29) is 0 Å². The van der Waals surface area contributed by atoms with Gasteiger partial charge in [-0.1, -0.05) is 13.3 Å². The van der Waals surface area contributed by atoms with E-state index in [1.807, 2.05) is 0 Å². The van der Waals surface area contributed by atoms with E-state index in [2.05, 4.69) is 16.7 Å². The number of rotatable bonds is 4. The van der Waals surface area contributed by atoms with Crippen LogP contribution in [-0.4, -0.2) is 48.6 Å². The standard InChI is InChI=1S/C15H28N2/c1-2-6-15(7-8-15)13-16-9-4-11-17-10-3-5-14(17)12-16/h14H,2-13H2,1H3. The minimum atomic E-state index is 0.753. The van der Waals surface area contributed by atoms with Crippen molar-refractivity contribution >= 4 is 0 Å². The molecule has 98 valence electrons. The molecule has 2 heteroatoms. The zero-order chi connectivity index (χ0) is 11.7. The van der Waals surface area contributed by atoms with Crippen molar-refractivity contribution in [3.05, 3.63) is 0 Å². The summed E-state index contributed by atoms with van der Waals surface area (Å²) in [6.45, 7) is 9.22. The zero-order valence-corrected chi connectivity index (χ0v) is 11.5. The topological polar surface area (TPSA) is 6.48 Å². The van der Waals surface area contributed by atoms with Gasteiger partial charge in [0.15, 0.2) is 0 Å². The molecule has 2 aliphatic heterocycles. The second kappa shape index (κ2) is 4.89. The molecule has 3 rings (SSSR count). The largest absolute Gasteiger partial charge is 0.301 e. The summed E-state index contributed by atoms with van der Waals surface area (Å²) in [4.78, 5) is 5.55. The fourth-order valence-corrected chi connectivity index (χ4v) is 4.10. The number of nitrogens with zero attached hydrogens (tertiary/aromatic N) is 2. The molecule has 2 nitrogen and oxygen atoms in total. The lowest BCUT2D eigenvalue weighted by Gasteiger charge is -2.29. The number of fused-ring (bicyclic) bond motifs is 1. The predicted molar refractivity (Wildman–Crippen MR) is 72.2 cm³/mol. The normalized spacial score (nSPS) is 33.4. The molecule has 1 atom stereocenters. The van der Waals surface area contributed by atoms with Gasteiger partial charge in [0, 0.05) is 19.1 Å². The third-order valence-electron chi connectivity index (χ3n) is 5.18. The Kier molecular flexibility index (Phi) is 3.45. The first-order valence-corrected chi connectivity index (χ1v) is 7.78. The molecule has 0 N–H and O–H groups in total. The second-order valence-electron chi connectivity index (χ2n) is 6.67. The van der Waals surface area contributed by atoms with Crippen molar-refractivity contribution in [3.63, 3.8) is 0 Å². The molecule has 0 aromatic carbocycles. The van der Waals surface area contributed by atoms with E-state index in [0.717, 1.165) is 11.5 Å². The van der Waals surface area contributed by atoms with E-state index in [1.165, 1.54) is 77.7 Å². The Morgan fingerprint density at radius 3 is 2.71 bits per heavy atom. The lowest BCUT2D eigenvalue weighted by atomic mass is 9.99. The maximum atomic E-state index is 2.80. The molecule has 0 radical (unpaired) electrons. The summed E-state index contributed by atoms with van der Waals surface area (Å²) in [6, 6.07) is 0.898. The molecule has 0 spiro atoms. The Balaban J connectivity index is 1.56. The Hall–Kier alpha value is -0.0800.